The Morgan fingerprint density at radius 3 is 2.03 bits per heavy atom. The molecule has 5 nitrogen and oxygen atoms in total. The number of rotatable bonds is 8. The highest BCUT2D eigenvalue weighted by atomic mass is 16.2. The maximum absolute atomic E-state index is 13.2. The third-order valence-corrected chi connectivity index (χ3v) is 4.87. The molecule has 3 aromatic rings. The lowest BCUT2D eigenvalue weighted by Crippen LogP contribution is -2.37. The lowest BCUT2D eigenvalue weighted by atomic mass is 10.1. The number of carbonyl (C=O) groups excluding carboxylic acids is 1. The van der Waals surface area contributed by atoms with Gasteiger partial charge in [0.25, 0.3) is 5.91 Å². The molecule has 0 saturated carbocycles. The van der Waals surface area contributed by atoms with E-state index in [1.165, 1.54) is 11.9 Å². The second-order valence-corrected chi connectivity index (χ2v) is 7.27. The van der Waals surface area contributed by atoms with Gasteiger partial charge in [0.2, 0.25) is 0 Å². The van der Waals surface area contributed by atoms with E-state index < -0.39 is 0 Å². The summed E-state index contributed by atoms with van der Waals surface area (Å²) in [5.74, 6) is 0.682. The van der Waals surface area contributed by atoms with Crippen molar-refractivity contribution in [2.75, 3.05) is 11.4 Å². The molecule has 0 spiro atoms. The molecule has 0 bridgehead atoms. The Morgan fingerprint density at radius 1 is 0.897 bits per heavy atom. The van der Waals surface area contributed by atoms with Gasteiger partial charge in [-0.25, -0.2) is 9.97 Å². The van der Waals surface area contributed by atoms with Crippen LogP contribution < -0.4 is 4.90 Å². The summed E-state index contributed by atoms with van der Waals surface area (Å²) in [5.41, 5.74) is 2.72. The van der Waals surface area contributed by atoms with Crippen molar-refractivity contribution in [2.45, 2.75) is 39.9 Å². The molecule has 0 fully saturated rings. The zero-order valence-corrected chi connectivity index (χ0v) is 17.3. The molecular formula is C24H28N4O. The summed E-state index contributed by atoms with van der Waals surface area (Å²) in [6.07, 6.45) is 1.48. The number of aromatic nitrogens is 2. The first-order valence-corrected chi connectivity index (χ1v) is 10.0. The second kappa shape index (κ2) is 9.82. The molecule has 0 saturated heterocycles. The quantitative estimate of drug-likeness (QED) is 0.568. The summed E-state index contributed by atoms with van der Waals surface area (Å²) in [7, 11) is 0. The average molecular weight is 389 g/mol. The fourth-order valence-electron chi connectivity index (χ4n) is 3.21. The van der Waals surface area contributed by atoms with Crippen LogP contribution in [0.25, 0.3) is 0 Å². The van der Waals surface area contributed by atoms with Crippen LogP contribution in [-0.4, -0.2) is 33.4 Å². The summed E-state index contributed by atoms with van der Waals surface area (Å²) in [6.45, 7) is 8.21. The van der Waals surface area contributed by atoms with Crippen LogP contribution in [0.4, 0.5) is 5.82 Å². The highest BCUT2D eigenvalue weighted by molar-refractivity contribution is 5.93. The molecule has 5 heteroatoms. The minimum atomic E-state index is -0.0803. The number of nitrogens with zero attached hydrogens (tertiary/aromatic N) is 4. The van der Waals surface area contributed by atoms with Crippen LogP contribution in [0.15, 0.2) is 73.1 Å². The van der Waals surface area contributed by atoms with Gasteiger partial charge >= 0.3 is 0 Å². The van der Waals surface area contributed by atoms with E-state index in [1.807, 2.05) is 67.3 Å². The minimum Gasteiger partial charge on any atom is -0.352 e. The van der Waals surface area contributed by atoms with Gasteiger partial charge in [-0.3, -0.25) is 4.79 Å². The Bertz CT molecular complexity index is 912. The molecule has 150 valence electrons. The van der Waals surface area contributed by atoms with Crippen LogP contribution in [0.1, 0.15) is 42.4 Å². The summed E-state index contributed by atoms with van der Waals surface area (Å²) in [4.78, 5) is 25.9. The summed E-state index contributed by atoms with van der Waals surface area (Å²) in [6, 6.07) is 22.1. The second-order valence-electron chi connectivity index (χ2n) is 7.27. The van der Waals surface area contributed by atoms with Crippen molar-refractivity contribution >= 4 is 11.7 Å². The lowest BCUT2D eigenvalue weighted by molar-refractivity contribution is 0.0684. The van der Waals surface area contributed by atoms with E-state index in [1.54, 1.807) is 6.07 Å². The summed E-state index contributed by atoms with van der Waals surface area (Å²) >= 11 is 0. The number of carbonyl (C=O) groups is 1. The molecule has 0 aliphatic rings. The number of benzene rings is 2. The van der Waals surface area contributed by atoms with E-state index in [-0.39, 0.29) is 11.9 Å². The normalized spacial score (nSPS) is 10.8. The van der Waals surface area contributed by atoms with E-state index >= 15 is 0 Å². The van der Waals surface area contributed by atoms with E-state index in [9.17, 15) is 4.79 Å². The van der Waals surface area contributed by atoms with Crippen LogP contribution in [0, 0.1) is 0 Å². The largest absolute Gasteiger partial charge is 0.352 e. The number of anilines is 1. The Morgan fingerprint density at radius 2 is 1.48 bits per heavy atom. The first kappa shape index (κ1) is 20.5. The van der Waals surface area contributed by atoms with E-state index in [2.05, 4.69) is 33.9 Å². The monoisotopic (exact) mass is 388 g/mol. The third-order valence-electron chi connectivity index (χ3n) is 4.87. The molecule has 0 aliphatic carbocycles. The molecule has 1 amide bonds. The molecular weight excluding hydrogens is 360 g/mol. The van der Waals surface area contributed by atoms with Crippen LogP contribution >= 0.6 is 0 Å². The standard InChI is InChI=1S/C24H28N4O/c1-4-27(16-20-11-7-5-8-12-20)23-15-22(25-18-26-23)24(29)28(19(2)3)17-21-13-9-6-10-14-21/h5-15,18-19H,4,16-17H2,1-3H3. The van der Waals surface area contributed by atoms with Gasteiger partial charge in [-0.05, 0) is 31.9 Å². The molecule has 0 atom stereocenters. The predicted octanol–water partition coefficient (Wildman–Crippen LogP) is 4.55. The molecule has 29 heavy (non-hydrogen) atoms. The van der Waals surface area contributed by atoms with Crippen LogP contribution in [0.3, 0.4) is 0 Å². The fourth-order valence-corrected chi connectivity index (χ4v) is 3.21. The van der Waals surface area contributed by atoms with Gasteiger partial charge < -0.3 is 9.80 Å². The summed E-state index contributed by atoms with van der Waals surface area (Å²) < 4.78 is 0. The molecule has 2 aromatic carbocycles. The maximum atomic E-state index is 13.2. The Labute approximate surface area is 173 Å². The smallest absolute Gasteiger partial charge is 0.273 e. The van der Waals surface area contributed by atoms with Gasteiger partial charge in [0, 0.05) is 31.7 Å². The van der Waals surface area contributed by atoms with E-state index in [4.69, 9.17) is 0 Å². The molecule has 0 aliphatic heterocycles. The van der Waals surface area contributed by atoms with Crippen molar-refractivity contribution in [1.29, 1.82) is 0 Å². The van der Waals surface area contributed by atoms with Gasteiger partial charge in [0.15, 0.2) is 0 Å². The fraction of sp³-hybridized carbons (Fsp3) is 0.292. The Balaban J connectivity index is 1.81. The summed E-state index contributed by atoms with van der Waals surface area (Å²) in [5, 5.41) is 0. The Hall–Kier alpha value is -3.21. The van der Waals surface area contributed by atoms with E-state index in [0.717, 1.165) is 24.5 Å². The molecule has 1 aromatic heterocycles. The van der Waals surface area contributed by atoms with Crippen molar-refractivity contribution in [3.63, 3.8) is 0 Å². The number of hydrogen-bond acceptors (Lipinski definition) is 4. The highest BCUT2D eigenvalue weighted by Crippen LogP contribution is 2.18. The van der Waals surface area contributed by atoms with Crippen LogP contribution in [-0.2, 0) is 13.1 Å². The SMILES string of the molecule is CCN(Cc1ccccc1)c1cc(C(=O)N(Cc2ccccc2)C(C)C)ncn1. The molecule has 0 unspecified atom stereocenters. The molecule has 3 rings (SSSR count). The van der Waals surface area contributed by atoms with Crippen molar-refractivity contribution in [1.82, 2.24) is 14.9 Å². The topological polar surface area (TPSA) is 49.3 Å². The zero-order chi connectivity index (χ0) is 20.6. The maximum Gasteiger partial charge on any atom is 0.273 e. The zero-order valence-electron chi connectivity index (χ0n) is 17.3. The molecule has 0 radical (unpaired) electrons. The first-order chi connectivity index (χ1) is 14.1. The third kappa shape index (κ3) is 5.41. The van der Waals surface area contributed by atoms with Gasteiger partial charge in [-0.2, -0.15) is 0 Å². The van der Waals surface area contributed by atoms with Crippen molar-refractivity contribution in [3.05, 3.63) is 89.9 Å². The van der Waals surface area contributed by atoms with Crippen molar-refractivity contribution in [3.8, 4) is 0 Å². The van der Waals surface area contributed by atoms with Gasteiger partial charge in [0.05, 0.1) is 0 Å². The van der Waals surface area contributed by atoms with Crippen molar-refractivity contribution in [2.24, 2.45) is 0 Å². The molecule has 0 N–H and O–H groups in total. The number of hydrogen-bond donors (Lipinski definition) is 0. The van der Waals surface area contributed by atoms with Crippen molar-refractivity contribution < 1.29 is 4.79 Å². The average Bonchev–Trinajstić information content (AvgIpc) is 2.76. The van der Waals surface area contributed by atoms with Crippen LogP contribution in [0.5, 0.6) is 0 Å². The predicted molar refractivity (Wildman–Crippen MR) is 117 cm³/mol. The van der Waals surface area contributed by atoms with Gasteiger partial charge in [-0.1, -0.05) is 60.7 Å². The Kier molecular flexibility index (Phi) is 6.95. The molecule has 1 heterocycles. The number of amides is 1. The minimum absolute atomic E-state index is 0.0627. The van der Waals surface area contributed by atoms with Gasteiger partial charge in [0.1, 0.15) is 17.8 Å². The van der Waals surface area contributed by atoms with E-state index in [0.29, 0.717) is 12.2 Å². The highest BCUT2D eigenvalue weighted by Gasteiger charge is 2.21. The lowest BCUT2D eigenvalue weighted by Gasteiger charge is -2.27. The van der Waals surface area contributed by atoms with Crippen LogP contribution in [0.2, 0.25) is 0 Å². The first-order valence-electron chi connectivity index (χ1n) is 10.0. The van der Waals surface area contributed by atoms with Gasteiger partial charge in [-0.15, -0.1) is 0 Å².